The minimum Gasteiger partial charge on any atom is -0.465 e. The molecular weight excluding hydrogens is 212 g/mol. The van der Waals surface area contributed by atoms with E-state index in [0.717, 1.165) is 0 Å². The van der Waals surface area contributed by atoms with Crippen LogP contribution in [0.3, 0.4) is 0 Å². The van der Waals surface area contributed by atoms with Gasteiger partial charge in [0.25, 0.3) is 0 Å². The first kappa shape index (κ1) is 13.8. The van der Waals surface area contributed by atoms with Gasteiger partial charge in [0.05, 0.1) is 13.2 Å². The van der Waals surface area contributed by atoms with Crippen molar-refractivity contribution in [3.05, 3.63) is 0 Å². The first-order chi connectivity index (χ1) is 6.87. The van der Waals surface area contributed by atoms with Gasteiger partial charge in [0.1, 0.15) is 0 Å². The summed E-state index contributed by atoms with van der Waals surface area (Å²) in [6.07, 6.45) is 0. The summed E-state index contributed by atoms with van der Waals surface area (Å²) in [5.74, 6) is -7.23. The molecule has 0 aliphatic rings. The SMILES string of the molecule is CCOC(=O)C(N)C(F)(F)C(=O)OCC. The second-order valence-corrected chi connectivity index (χ2v) is 2.57. The molecule has 1 atom stereocenters. The van der Waals surface area contributed by atoms with Crippen LogP contribution in [-0.2, 0) is 19.1 Å². The highest BCUT2D eigenvalue weighted by atomic mass is 19.3. The molecule has 88 valence electrons. The lowest BCUT2D eigenvalue weighted by atomic mass is 10.1. The van der Waals surface area contributed by atoms with Crippen molar-refractivity contribution in [3.8, 4) is 0 Å². The zero-order valence-electron chi connectivity index (χ0n) is 8.46. The van der Waals surface area contributed by atoms with Gasteiger partial charge in [-0.15, -0.1) is 0 Å². The monoisotopic (exact) mass is 225 g/mol. The third kappa shape index (κ3) is 3.43. The summed E-state index contributed by atoms with van der Waals surface area (Å²) in [6.45, 7) is 2.49. The Morgan fingerprint density at radius 3 is 2.13 bits per heavy atom. The van der Waals surface area contributed by atoms with Crippen LogP contribution in [0.25, 0.3) is 0 Å². The number of halogens is 2. The molecule has 1 unspecified atom stereocenters. The molecule has 2 N–H and O–H groups in total. The fourth-order valence-electron chi connectivity index (χ4n) is 0.734. The lowest BCUT2D eigenvalue weighted by Crippen LogP contribution is -2.53. The number of esters is 2. The zero-order chi connectivity index (χ0) is 12.1. The van der Waals surface area contributed by atoms with E-state index >= 15 is 0 Å². The maximum atomic E-state index is 13.1. The summed E-state index contributed by atoms with van der Waals surface area (Å²) in [6, 6.07) is -2.34. The number of rotatable bonds is 5. The molecule has 0 aliphatic heterocycles. The number of ether oxygens (including phenoxy) is 2. The summed E-state index contributed by atoms with van der Waals surface area (Å²) in [5.41, 5.74) is 4.89. The number of hydrogen-bond acceptors (Lipinski definition) is 5. The molecule has 0 aromatic heterocycles. The minimum absolute atomic E-state index is 0.0918. The normalized spacial score (nSPS) is 13.1. The van der Waals surface area contributed by atoms with Crippen molar-refractivity contribution < 1.29 is 27.8 Å². The largest absolute Gasteiger partial charge is 0.465 e. The summed E-state index contributed by atoms with van der Waals surface area (Å²) >= 11 is 0. The summed E-state index contributed by atoms with van der Waals surface area (Å²) in [4.78, 5) is 21.6. The fraction of sp³-hybridized carbons (Fsp3) is 0.750. The molecule has 0 spiro atoms. The smallest absolute Gasteiger partial charge is 0.379 e. The van der Waals surface area contributed by atoms with E-state index in [1.54, 1.807) is 0 Å². The first-order valence-electron chi connectivity index (χ1n) is 4.35. The molecule has 7 heteroatoms. The maximum Gasteiger partial charge on any atom is 0.379 e. The number of carbonyl (C=O) groups is 2. The minimum atomic E-state index is -4.07. The van der Waals surface area contributed by atoms with Crippen LogP contribution in [0.1, 0.15) is 13.8 Å². The van der Waals surface area contributed by atoms with Crippen molar-refractivity contribution in [1.82, 2.24) is 0 Å². The van der Waals surface area contributed by atoms with Crippen LogP contribution in [0.5, 0.6) is 0 Å². The van der Waals surface area contributed by atoms with Gasteiger partial charge in [0.2, 0.25) is 0 Å². The molecule has 15 heavy (non-hydrogen) atoms. The molecule has 0 aromatic rings. The van der Waals surface area contributed by atoms with Crippen molar-refractivity contribution >= 4 is 11.9 Å². The third-order valence-corrected chi connectivity index (χ3v) is 1.48. The molecule has 0 aromatic carbocycles. The van der Waals surface area contributed by atoms with E-state index in [2.05, 4.69) is 9.47 Å². The lowest BCUT2D eigenvalue weighted by molar-refractivity contribution is -0.181. The van der Waals surface area contributed by atoms with E-state index in [0.29, 0.717) is 0 Å². The molecule has 0 fully saturated rings. The van der Waals surface area contributed by atoms with Gasteiger partial charge in [-0.25, -0.2) is 4.79 Å². The summed E-state index contributed by atoms with van der Waals surface area (Å²) in [5, 5.41) is 0. The van der Waals surface area contributed by atoms with E-state index in [1.165, 1.54) is 13.8 Å². The Morgan fingerprint density at radius 1 is 1.27 bits per heavy atom. The Hall–Kier alpha value is -1.24. The van der Waals surface area contributed by atoms with E-state index in [1.807, 2.05) is 0 Å². The highest BCUT2D eigenvalue weighted by Crippen LogP contribution is 2.20. The van der Waals surface area contributed by atoms with Gasteiger partial charge in [0, 0.05) is 0 Å². The van der Waals surface area contributed by atoms with Crippen LogP contribution in [0.4, 0.5) is 8.78 Å². The second-order valence-electron chi connectivity index (χ2n) is 2.57. The molecule has 0 saturated carbocycles. The number of alkyl halides is 2. The molecular formula is C8H13F2NO4. The van der Waals surface area contributed by atoms with Gasteiger partial charge in [-0.05, 0) is 13.8 Å². The Labute approximate surface area is 85.5 Å². The Morgan fingerprint density at radius 2 is 1.73 bits per heavy atom. The average Bonchev–Trinajstić information content (AvgIpc) is 2.17. The van der Waals surface area contributed by atoms with Gasteiger partial charge >= 0.3 is 17.9 Å². The highest BCUT2D eigenvalue weighted by Gasteiger charge is 2.51. The Bertz CT molecular complexity index is 245. The van der Waals surface area contributed by atoms with Crippen molar-refractivity contribution in [2.24, 2.45) is 5.73 Å². The highest BCUT2D eigenvalue weighted by molar-refractivity contribution is 5.88. The van der Waals surface area contributed by atoms with Gasteiger partial charge in [-0.1, -0.05) is 0 Å². The predicted molar refractivity (Wildman–Crippen MR) is 46.2 cm³/mol. The molecule has 0 rings (SSSR count). The molecule has 0 aliphatic carbocycles. The van der Waals surface area contributed by atoms with Crippen LogP contribution >= 0.6 is 0 Å². The molecule has 0 radical (unpaired) electrons. The van der Waals surface area contributed by atoms with Crippen LogP contribution in [0.15, 0.2) is 0 Å². The van der Waals surface area contributed by atoms with Gasteiger partial charge < -0.3 is 15.2 Å². The molecule has 0 bridgehead atoms. The average molecular weight is 225 g/mol. The fourth-order valence-corrected chi connectivity index (χ4v) is 0.734. The molecule has 0 heterocycles. The molecule has 5 nitrogen and oxygen atoms in total. The molecule has 0 amide bonds. The van der Waals surface area contributed by atoms with Crippen molar-refractivity contribution in [3.63, 3.8) is 0 Å². The third-order valence-electron chi connectivity index (χ3n) is 1.48. The van der Waals surface area contributed by atoms with Crippen LogP contribution in [0.2, 0.25) is 0 Å². The summed E-state index contributed by atoms with van der Waals surface area (Å²) < 4.78 is 34.5. The topological polar surface area (TPSA) is 78.6 Å². The van der Waals surface area contributed by atoms with E-state index in [4.69, 9.17) is 5.73 Å². The number of carbonyl (C=O) groups excluding carboxylic acids is 2. The zero-order valence-corrected chi connectivity index (χ0v) is 8.46. The van der Waals surface area contributed by atoms with Crippen molar-refractivity contribution in [2.75, 3.05) is 13.2 Å². The Kier molecular flexibility index (Phi) is 5.13. The van der Waals surface area contributed by atoms with E-state index in [9.17, 15) is 18.4 Å². The predicted octanol–water partition coefficient (Wildman–Crippen LogP) is 0.0752. The van der Waals surface area contributed by atoms with Crippen molar-refractivity contribution in [1.29, 1.82) is 0 Å². The van der Waals surface area contributed by atoms with Crippen LogP contribution < -0.4 is 5.73 Å². The number of nitrogens with two attached hydrogens (primary N) is 1. The van der Waals surface area contributed by atoms with Gasteiger partial charge in [-0.3, -0.25) is 4.79 Å². The standard InChI is InChI=1S/C8H13F2NO4/c1-3-14-6(12)5(11)8(9,10)7(13)15-4-2/h5H,3-4,11H2,1-2H3. The molecule has 0 saturated heterocycles. The second kappa shape index (κ2) is 5.59. The van der Waals surface area contributed by atoms with Gasteiger partial charge in [0.15, 0.2) is 6.04 Å². The van der Waals surface area contributed by atoms with E-state index < -0.39 is 23.9 Å². The summed E-state index contributed by atoms with van der Waals surface area (Å²) in [7, 11) is 0. The lowest BCUT2D eigenvalue weighted by Gasteiger charge is -2.19. The Balaban J connectivity index is 4.56. The van der Waals surface area contributed by atoms with Gasteiger partial charge in [-0.2, -0.15) is 8.78 Å². The maximum absolute atomic E-state index is 13.1. The van der Waals surface area contributed by atoms with Crippen molar-refractivity contribution in [2.45, 2.75) is 25.8 Å². The van der Waals surface area contributed by atoms with Crippen LogP contribution in [-0.4, -0.2) is 37.1 Å². The van der Waals surface area contributed by atoms with Crippen LogP contribution in [0, 0.1) is 0 Å². The quantitative estimate of drug-likeness (QED) is 0.670. The first-order valence-corrected chi connectivity index (χ1v) is 4.35. The van der Waals surface area contributed by atoms with E-state index in [-0.39, 0.29) is 13.2 Å². The number of hydrogen-bond donors (Lipinski definition) is 1.